The number of benzene rings is 3. The van der Waals surface area contributed by atoms with Crippen LogP contribution in [0.4, 0.5) is 30.5 Å². The Hall–Kier alpha value is -5.12. The van der Waals surface area contributed by atoms with Crippen molar-refractivity contribution < 1.29 is 21.6 Å². The number of nitrogens with zero attached hydrogens (tertiary/aromatic N) is 4. The van der Waals surface area contributed by atoms with Crippen molar-refractivity contribution in [2.45, 2.75) is 34.2 Å². The summed E-state index contributed by atoms with van der Waals surface area (Å²) in [6, 6.07) is 20.3. The first kappa shape index (κ1) is 32.4. The van der Waals surface area contributed by atoms with Crippen LogP contribution in [0.5, 0.6) is 0 Å². The number of anilines is 3. The third-order valence-electron chi connectivity index (χ3n) is 8.14. The summed E-state index contributed by atoms with van der Waals surface area (Å²) >= 11 is 0.793. The Morgan fingerprint density at radius 2 is 1.71 bits per heavy atom. The quantitative estimate of drug-likeness (QED) is 0.159. The topological polar surface area (TPSA) is 131 Å². The van der Waals surface area contributed by atoms with E-state index < -0.39 is 37.6 Å². The summed E-state index contributed by atoms with van der Waals surface area (Å²) in [5, 5.41) is 10.3. The number of hydrogen-bond acceptors (Lipinski definition) is 10. The van der Waals surface area contributed by atoms with Crippen molar-refractivity contribution in [3.05, 3.63) is 113 Å². The molecule has 0 radical (unpaired) electrons. The first-order chi connectivity index (χ1) is 23.6. The van der Waals surface area contributed by atoms with Crippen LogP contribution in [0, 0.1) is 0 Å². The average molecular weight is 704 g/mol. The lowest BCUT2D eigenvalue weighted by Crippen LogP contribution is -2.38. The van der Waals surface area contributed by atoms with Crippen molar-refractivity contribution in [1.29, 1.82) is 0 Å². The minimum absolute atomic E-state index is 0.165. The molecule has 0 amide bonds. The molecule has 49 heavy (non-hydrogen) atoms. The van der Waals surface area contributed by atoms with Gasteiger partial charge in [0, 0.05) is 41.1 Å². The van der Waals surface area contributed by atoms with Gasteiger partial charge in [-0.05, 0) is 79.5 Å². The van der Waals surface area contributed by atoms with Gasteiger partial charge in [0.15, 0.2) is 5.65 Å². The molecule has 10 nitrogen and oxygen atoms in total. The number of para-hydroxylation sites is 1. The highest BCUT2D eigenvalue weighted by Crippen LogP contribution is 2.39. The number of thiazole rings is 1. The zero-order chi connectivity index (χ0) is 34.2. The molecule has 3 aromatic carbocycles. The van der Waals surface area contributed by atoms with Gasteiger partial charge in [-0.15, -0.1) is 11.3 Å². The number of hydrogen-bond donors (Lipinski definition) is 3. The van der Waals surface area contributed by atoms with E-state index in [1.54, 1.807) is 30.3 Å². The Kier molecular flexibility index (Phi) is 8.64. The minimum atomic E-state index is -4.99. The number of fused-ring (bicyclic) bond motifs is 1. The first-order valence-corrected chi connectivity index (χ1v) is 17.6. The number of sulfone groups is 1. The van der Waals surface area contributed by atoms with Crippen LogP contribution in [-0.2, 0) is 16.0 Å². The van der Waals surface area contributed by atoms with Gasteiger partial charge in [0.1, 0.15) is 4.21 Å². The number of pyridine rings is 1. The molecule has 15 heteroatoms. The Morgan fingerprint density at radius 3 is 2.41 bits per heavy atom. The van der Waals surface area contributed by atoms with Crippen LogP contribution >= 0.6 is 11.3 Å². The highest BCUT2D eigenvalue weighted by molar-refractivity contribution is 7.93. The zero-order valence-electron chi connectivity index (χ0n) is 25.6. The maximum Gasteiger partial charge on any atom is 0.417 e. The number of halogens is 3. The number of nitrogens with one attached hydrogen (secondary N) is 3. The number of aromatic nitrogens is 4. The van der Waals surface area contributed by atoms with E-state index in [1.165, 1.54) is 22.3 Å². The minimum Gasteiger partial charge on any atom is -0.381 e. The molecule has 0 saturated carbocycles. The Labute approximate surface area is 282 Å². The second-order valence-corrected chi connectivity index (χ2v) is 14.5. The van der Waals surface area contributed by atoms with Crippen molar-refractivity contribution in [2.75, 3.05) is 23.7 Å². The van der Waals surface area contributed by atoms with E-state index >= 15 is 0 Å². The molecule has 0 spiro atoms. The van der Waals surface area contributed by atoms with Gasteiger partial charge < -0.3 is 16.0 Å². The Balaban J connectivity index is 1.30. The molecule has 1 atom stereocenters. The van der Waals surface area contributed by atoms with E-state index in [1.807, 2.05) is 24.3 Å². The molecular weight excluding hydrogens is 676 g/mol. The van der Waals surface area contributed by atoms with Crippen LogP contribution in [-0.4, -0.2) is 47.1 Å². The van der Waals surface area contributed by atoms with E-state index in [0.29, 0.717) is 28.9 Å². The van der Waals surface area contributed by atoms with Gasteiger partial charge in [0.2, 0.25) is 15.8 Å². The van der Waals surface area contributed by atoms with E-state index in [9.17, 15) is 26.4 Å². The summed E-state index contributed by atoms with van der Waals surface area (Å²) in [6.45, 7) is 1.92. The third-order valence-corrected chi connectivity index (χ3v) is 11.2. The molecule has 1 saturated heterocycles. The van der Waals surface area contributed by atoms with Crippen molar-refractivity contribution in [2.24, 2.45) is 0 Å². The predicted octanol–water partition coefficient (Wildman–Crippen LogP) is 6.66. The number of rotatable bonds is 8. The molecule has 1 unspecified atom stereocenters. The molecule has 0 aliphatic carbocycles. The van der Waals surface area contributed by atoms with Gasteiger partial charge in [-0.3, -0.25) is 14.3 Å². The van der Waals surface area contributed by atoms with Gasteiger partial charge >= 0.3 is 6.18 Å². The standard InChI is InChI=1S/C34H28F3N7O3S2/c35-34(36,37)29-16-26(49(46,47)30-19-39-20-48-30)12-13-27(29)28-15-21-17-40-33(43-31(21)44(32(28)45)25-6-2-1-3-7-25)42-23-10-8-22(9-11-23)41-24-5-4-14-38-18-24/h1-3,6-13,15-17,19-20,24,38,41H,4-5,14,18H2,(H,40,42,43). The van der Waals surface area contributed by atoms with Gasteiger partial charge in [-0.1, -0.05) is 24.3 Å². The molecule has 1 aliphatic rings. The van der Waals surface area contributed by atoms with Crippen molar-refractivity contribution in [3.63, 3.8) is 0 Å². The lowest BCUT2D eigenvalue weighted by atomic mass is 9.99. The fraction of sp³-hybridized carbons (Fsp3) is 0.176. The summed E-state index contributed by atoms with van der Waals surface area (Å²) in [7, 11) is -4.27. The normalized spacial score (nSPS) is 15.3. The van der Waals surface area contributed by atoms with Crippen molar-refractivity contribution >= 4 is 49.5 Å². The lowest BCUT2D eigenvalue weighted by Gasteiger charge is -2.24. The maximum absolute atomic E-state index is 14.6. The molecule has 3 aromatic heterocycles. The van der Waals surface area contributed by atoms with Crippen molar-refractivity contribution in [3.8, 4) is 16.8 Å². The van der Waals surface area contributed by atoms with Crippen LogP contribution in [0.1, 0.15) is 18.4 Å². The highest BCUT2D eigenvalue weighted by Gasteiger charge is 2.36. The van der Waals surface area contributed by atoms with E-state index in [4.69, 9.17) is 0 Å². The summed E-state index contributed by atoms with van der Waals surface area (Å²) in [6.07, 6.45) is -0.291. The Morgan fingerprint density at radius 1 is 0.939 bits per heavy atom. The largest absolute Gasteiger partial charge is 0.417 e. The van der Waals surface area contributed by atoms with Crippen LogP contribution in [0.3, 0.4) is 0 Å². The molecule has 250 valence electrons. The Bertz CT molecular complexity index is 2290. The molecular formula is C34H28F3N7O3S2. The van der Waals surface area contributed by atoms with E-state index in [-0.39, 0.29) is 21.4 Å². The predicted molar refractivity (Wildman–Crippen MR) is 182 cm³/mol. The maximum atomic E-state index is 14.6. The molecule has 6 aromatic rings. The first-order valence-electron chi connectivity index (χ1n) is 15.3. The van der Waals surface area contributed by atoms with Gasteiger partial charge in [-0.25, -0.2) is 13.4 Å². The van der Waals surface area contributed by atoms with Crippen LogP contribution < -0.4 is 21.5 Å². The lowest BCUT2D eigenvalue weighted by molar-refractivity contribution is -0.137. The monoisotopic (exact) mass is 703 g/mol. The molecule has 4 heterocycles. The smallest absolute Gasteiger partial charge is 0.381 e. The highest BCUT2D eigenvalue weighted by atomic mass is 32.2. The second-order valence-electron chi connectivity index (χ2n) is 11.4. The second kappa shape index (κ2) is 13.1. The molecule has 1 aliphatic heterocycles. The third kappa shape index (κ3) is 6.64. The SMILES string of the molecule is O=c1c(-c2ccc(S(=O)(=O)c3cncs3)cc2C(F)(F)F)cc2cnc(Nc3ccc(NC4CCCNC4)cc3)nc2n1-c1ccccc1. The number of alkyl halides is 3. The summed E-state index contributed by atoms with van der Waals surface area (Å²) < 4.78 is 70.9. The number of piperidine rings is 1. The van der Waals surface area contributed by atoms with Crippen LogP contribution in [0.15, 0.2) is 111 Å². The summed E-state index contributed by atoms with van der Waals surface area (Å²) in [5.74, 6) is 0.176. The molecule has 0 bridgehead atoms. The zero-order valence-corrected chi connectivity index (χ0v) is 27.2. The van der Waals surface area contributed by atoms with Crippen LogP contribution in [0.2, 0.25) is 0 Å². The summed E-state index contributed by atoms with van der Waals surface area (Å²) in [5.41, 5.74) is 0.647. The fourth-order valence-electron chi connectivity index (χ4n) is 5.77. The molecule has 3 N–H and O–H groups in total. The average Bonchev–Trinajstić information content (AvgIpc) is 3.66. The van der Waals surface area contributed by atoms with E-state index in [2.05, 4.69) is 30.9 Å². The van der Waals surface area contributed by atoms with Gasteiger partial charge in [0.05, 0.1) is 27.9 Å². The van der Waals surface area contributed by atoms with Crippen LogP contribution in [0.25, 0.3) is 27.8 Å². The summed E-state index contributed by atoms with van der Waals surface area (Å²) in [4.78, 5) is 26.4. The van der Waals surface area contributed by atoms with Gasteiger partial charge in [0.25, 0.3) is 5.56 Å². The van der Waals surface area contributed by atoms with E-state index in [0.717, 1.165) is 61.3 Å². The molecule has 1 fully saturated rings. The van der Waals surface area contributed by atoms with Gasteiger partial charge in [-0.2, -0.15) is 18.2 Å². The molecule has 7 rings (SSSR count). The van der Waals surface area contributed by atoms with Crippen molar-refractivity contribution in [1.82, 2.24) is 24.8 Å². The fourth-order valence-corrected chi connectivity index (χ4v) is 7.99.